The van der Waals surface area contributed by atoms with Crippen LogP contribution in [0, 0.1) is 0 Å². The molecule has 190 valence electrons. The zero-order chi connectivity index (χ0) is 24.9. The van der Waals surface area contributed by atoms with Crippen molar-refractivity contribution in [1.82, 2.24) is 24.8 Å². The summed E-state index contributed by atoms with van der Waals surface area (Å²) in [6, 6.07) is 19.4. The second-order valence-corrected chi connectivity index (χ2v) is 10.4. The number of benzene rings is 2. The maximum absolute atomic E-state index is 12.9. The molecule has 3 aromatic rings. The van der Waals surface area contributed by atoms with Crippen molar-refractivity contribution in [3.63, 3.8) is 0 Å². The van der Waals surface area contributed by atoms with Crippen LogP contribution in [0.15, 0.2) is 60.7 Å². The van der Waals surface area contributed by atoms with Crippen LogP contribution < -0.4 is 4.72 Å². The summed E-state index contributed by atoms with van der Waals surface area (Å²) in [5, 5.41) is 7.19. The van der Waals surface area contributed by atoms with Gasteiger partial charge in [-0.1, -0.05) is 74.5 Å². The summed E-state index contributed by atoms with van der Waals surface area (Å²) in [4.78, 5) is 6.77. The van der Waals surface area contributed by atoms with Crippen molar-refractivity contribution in [3.8, 4) is 0 Å². The highest BCUT2D eigenvalue weighted by molar-refractivity contribution is 7.89. The Labute approximate surface area is 209 Å². The van der Waals surface area contributed by atoms with Crippen LogP contribution in [0.5, 0.6) is 0 Å². The molecule has 0 aliphatic carbocycles. The molecule has 0 saturated heterocycles. The first-order valence-electron chi connectivity index (χ1n) is 12.3. The molecule has 2 N–H and O–H groups in total. The minimum absolute atomic E-state index is 0.0759. The van der Waals surface area contributed by atoms with Gasteiger partial charge in [-0.15, -0.1) is 0 Å². The van der Waals surface area contributed by atoms with Gasteiger partial charge in [-0.25, -0.2) is 18.1 Å². The van der Waals surface area contributed by atoms with Gasteiger partial charge in [-0.3, -0.25) is 5.10 Å². The van der Waals surface area contributed by atoms with E-state index in [1.165, 1.54) is 0 Å². The van der Waals surface area contributed by atoms with Crippen LogP contribution >= 0.6 is 0 Å². The third kappa shape index (κ3) is 9.52. The smallest absolute Gasteiger partial charge is 0.212 e. The average Bonchev–Trinajstić information content (AvgIpc) is 3.34. The van der Waals surface area contributed by atoms with Crippen LogP contribution in [-0.2, 0) is 34.4 Å². The first-order chi connectivity index (χ1) is 17.0. The first kappa shape index (κ1) is 27.0. The van der Waals surface area contributed by atoms with Gasteiger partial charge >= 0.3 is 0 Å². The molecule has 0 bridgehead atoms. The van der Waals surface area contributed by atoms with Gasteiger partial charge in [-0.2, -0.15) is 5.10 Å². The number of hydrogen-bond acceptors (Lipinski definition) is 6. The quantitative estimate of drug-likeness (QED) is 0.311. The van der Waals surface area contributed by atoms with E-state index in [1.54, 1.807) is 0 Å². The Kier molecular flexibility index (Phi) is 10.9. The van der Waals surface area contributed by atoms with Crippen LogP contribution in [0.3, 0.4) is 0 Å². The lowest BCUT2D eigenvalue weighted by molar-refractivity contribution is 0.102. The SMILES string of the molecule is CCN(CC)CCCS(=O)(=O)N[C@H](CCc1ccccc1)c1nc(COCc2ccccc2)n[nH]1. The molecule has 0 saturated carbocycles. The van der Waals surface area contributed by atoms with Crippen molar-refractivity contribution in [1.29, 1.82) is 0 Å². The number of hydrogen-bond donors (Lipinski definition) is 2. The maximum Gasteiger partial charge on any atom is 0.212 e. The van der Waals surface area contributed by atoms with E-state index in [0.29, 0.717) is 37.5 Å². The van der Waals surface area contributed by atoms with Crippen LogP contribution in [0.1, 0.15) is 55.5 Å². The van der Waals surface area contributed by atoms with E-state index in [2.05, 4.69) is 38.7 Å². The van der Waals surface area contributed by atoms with Gasteiger partial charge in [0, 0.05) is 0 Å². The van der Waals surface area contributed by atoms with Crippen molar-refractivity contribution < 1.29 is 13.2 Å². The highest BCUT2D eigenvalue weighted by Crippen LogP contribution is 2.18. The molecule has 0 amide bonds. The third-order valence-corrected chi connectivity index (χ3v) is 7.36. The molecule has 0 aliphatic heterocycles. The van der Waals surface area contributed by atoms with Crippen molar-refractivity contribution in [2.24, 2.45) is 0 Å². The zero-order valence-corrected chi connectivity index (χ0v) is 21.5. The summed E-state index contributed by atoms with van der Waals surface area (Å²) in [7, 11) is -3.48. The molecule has 1 aromatic heterocycles. The summed E-state index contributed by atoms with van der Waals surface area (Å²) in [6.45, 7) is 7.46. The number of nitrogens with zero attached hydrogens (tertiary/aromatic N) is 3. The van der Waals surface area contributed by atoms with Crippen LogP contribution in [0.25, 0.3) is 0 Å². The van der Waals surface area contributed by atoms with Gasteiger partial charge in [-0.05, 0) is 50.0 Å². The lowest BCUT2D eigenvalue weighted by atomic mass is 10.1. The van der Waals surface area contributed by atoms with Crippen molar-refractivity contribution in [2.45, 2.75) is 52.4 Å². The predicted molar refractivity (Wildman–Crippen MR) is 138 cm³/mol. The normalized spacial score (nSPS) is 12.8. The van der Waals surface area contributed by atoms with Gasteiger partial charge in [0.15, 0.2) is 5.82 Å². The molecule has 0 unspecified atom stereocenters. The fraction of sp³-hybridized carbons (Fsp3) is 0.462. The molecule has 0 radical (unpaired) electrons. The van der Waals surface area contributed by atoms with E-state index in [1.807, 2.05) is 60.7 Å². The Morgan fingerprint density at radius 1 is 0.971 bits per heavy atom. The molecular weight excluding hydrogens is 462 g/mol. The number of aromatic amines is 1. The Morgan fingerprint density at radius 3 is 2.29 bits per heavy atom. The zero-order valence-electron chi connectivity index (χ0n) is 20.7. The van der Waals surface area contributed by atoms with Crippen LogP contribution in [-0.4, -0.2) is 53.9 Å². The number of H-pyrrole nitrogens is 1. The minimum atomic E-state index is -3.48. The Hall–Kier alpha value is -2.59. The molecular formula is C26H37N5O3S. The van der Waals surface area contributed by atoms with Gasteiger partial charge in [0.25, 0.3) is 0 Å². The highest BCUT2D eigenvalue weighted by atomic mass is 32.2. The largest absolute Gasteiger partial charge is 0.369 e. The van der Waals surface area contributed by atoms with Crippen LogP contribution in [0.2, 0.25) is 0 Å². The highest BCUT2D eigenvalue weighted by Gasteiger charge is 2.23. The van der Waals surface area contributed by atoms with Gasteiger partial charge < -0.3 is 9.64 Å². The van der Waals surface area contributed by atoms with E-state index in [-0.39, 0.29) is 12.4 Å². The standard InChI is InChI=1S/C26H37N5O3S/c1-3-31(4-2)18-11-19-35(32,33)30-24(17-16-22-12-7-5-8-13-22)26-27-25(28-29-26)21-34-20-23-14-9-6-10-15-23/h5-10,12-15,24,30H,3-4,11,16-21H2,1-2H3,(H,27,28,29)/t24-/m1/s1. The number of nitrogens with one attached hydrogen (secondary N) is 2. The van der Waals surface area contributed by atoms with E-state index >= 15 is 0 Å². The van der Waals surface area contributed by atoms with Crippen molar-refractivity contribution in [3.05, 3.63) is 83.4 Å². The third-order valence-electron chi connectivity index (χ3n) is 5.89. The van der Waals surface area contributed by atoms with Crippen molar-refractivity contribution in [2.75, 3.05) is 25.4 Å². The van der Waals surface area contributed by atoms with Crippen LogP contribution in [0.4, 0.5) is 0 Å². The summed E-state index contributed by atoms with van der Waals surface area (Å²) in [5.74, 6) is 1.08. The van der Waals surface area contributed by atoms with Gasteiger partial charge in [0.05, 0.1) is 18.4 Å². The molecule has 1 heterocycles. The Morgan fingerprint density at radius 2 is 1.63 bits per heavy atom. The number of ether oxygens (including phenoxy) is 1. The molecule has 35 heavy (non-hydrogen) atoms. The molecule has 2 aromatic carbocycles. The number of rotatable bonds is 16. The topological polar surface area (TPSA) is 100 Å². The van der Waals surface area contributed by atoms with Gasteiger partial charge in [0.1, 0.15) is 12.4 Å². The van der Waals surface area contributed by atoms with E-state index in [4.69, 9.17) is 4.74 Å². The summed E-state index contributed by atoms with van der Waals surface area (Å²) in [5.41, 5.74) is 2.21. The van der Waals surface area contributed by atoms with E-state index in [9.17, 15) is 8.42 Å². The monoisotopic (exact) mass is 499 g/mol. The predicted octanol–water partition coefficient (Wildman–Crippen LogP) is 3.85. The van der Waals surface area contributed by atoms with Crippen molar-refractivity contribution >= 4 is 10.0 Å². The second kappa shape index (κ2) is 14.1. The van der Waals surface area contributed by atoms with E-state index in [0.717, 1.165) is 30.8 Å². The Balaban J connectivity index is 1.62. The summed E-state index contributed by atoms with van der Waals surface area (Å²) < 4.78 is 34.4. The molecule has 0 fully saturated rings. The lowest BCUT2D eigenvalue weighted by Crippen LogP contribution is -2.33. The molecule has 0 aliphatic rings. The molecule has 1 atom stereocenters. The summed E-state index contributed by atoms with van der Waals surface area (Å²) in [6.07, 6.45) is 1.87. The number of aromatic nitrogens is 3. The fourth-order valence-electron chi connectivity index (χ4n) is 3.87. The Bertz CT molecular complexity index is 1090. The molecule has 3 rings (SSSR count). The molecule has 8 nitrogen and oxygen atoms in total. The number of aryl methyl sites for hydroxylation is 1. The first-order valence-corrected chi connectivity index (χ1v) is 13.9. The number of sulfonamides is 1. The molecule has 0 spiro atoms. The fourth-order valence-corrected chi connectivity index (χ4v) is 5.16. The minimum Gasteiger partial charge on any atom is -0.369 e. The lowest BCUT2D eigenvalue weighted by Gasteiger charge is -2.19. The molecule has 9 heteroatoms. The summed E-state index contributed by atoms with van der Waals surface area (Å²) >= 11 is 0. The second-order valence-electron chi connectivity index (χ2n) is 8.51. The average molecular weight is 500 g/mol. The van der Waals surface area contributed by atoms with Gasteiger partial charge in [0.2, 0.25) is 10.0 Å². The van der Waals surface area contributed by atoms with E-state index < -0.39 is 16.1 Å². The maximum atomic E-state index is 12.9.